The Morgan fingerprint density at radius 3 is 2.50 bits per heavy atom. The van der Waals surface area contributed by atoms with Crippen LogP contribution in [0.25, 0.3) is 0 Å². The summed E-state index contributed by atoms with van der Waals surface area (Å²) in [5.41, 5.74) is -0.310. The first-order valence-electron chi connectivity index (χ1n) is 5.89. The summed E-state index contributed by atoms with van der Waals surface area (Å²) < 4.78 is 0. The van der Waals surface area contributed by atoms with Gasteiger partial charge in [0.25, 0.3) is 0 Å². The van der Waals surface area contributed by atoms with E-state index in [1.165, 1.54) is 0 Å². The molecule has 3 unspecified atom stereocenters. The number of hydrogen-bond acceptors (Lipinski definition) is 3. The molecule has 3 atom stereocenters. The highest BCUT2D eigenvalue weighted by molar-refractivity contribution is 8.00. The van der Waals surface area contributed by atoms with Crippen LogP contribution in [0.5, 0.6) is 0 Å². The van der Waals surface area contributed by atoms with Crippen LogP contribution < -0.4 is 0 Å². The Morgan fingerprint density at radius 1 is 1.44 bits per heavy atom. The molecule has 0 aromatic heterocycles. The molecular weight excluding hydrogens is 246 g/mol. The Hall–Kier alpha value is -1.47. The van der Waals surface area contributed by atoms with Crippen LogP contribution in [0, 0.1) is 16.7 Å². The van der Waals surface area contributed by atoms with Crippen molar-refractivity contribution >= 4 is 17.7 Å². The Bertz CT molecular complexity index is 494. The van der Waals surface area contributed by atoms with Crippen LogP contribution >= 0.6 is 11.8 Å². The molecule has 1 N–H and O–H groups in total. The average Bonchev–Trinajstić information content (AvgIpc) is 2.98. The van der Waals surface area contributed by atoms with E-state index in [0.717, 1.165) is 5.56 Å². The lowest BCUT2D eigenvalue weighted by Crippen LogP contribution is -2.17. The van der Waals surface area contributed by atoms with Gasteiger partial charge in [0, 0.05) is 11.2 Å². The number of hydrogen-bond donors (Lipinski definition) is 1. The van der Waals surface area contributed by atoms with Crippen molar-refractivity contribution in [2.75, 3.05) is 0 Å². The van der Waals surface area contributed by atoms with Gasteiger partial charge in [-0.2, -0.15) is 17.0 Å². The molecule has 1 aliphatic rings. The Kier molecular flexibility index (Phi) is 3.36. The summed E-state index contributed by atoms with van der Waals surface area (Å²) in [7, 11) is 0. The fraction of sp³-hybridized carbons (Fsp3) is 0.429. The van der Waals surface area contributed by atoms with Crippen LogP contribution in [0.2, 0.25) is 0 Å². The van der Waals surface area contributed by atoms with Gasteiger partial charge >= 0.3 is 5.97 Å². The first kappa shape index (κ1) is 13.0. The molecule has 18 heavy (non-hydrogen) atoms. The molecule has 1 aromatic carbocycles. The molecule has 4 heteroatoms. The molecule has 0 spiro atoms. The summed E-state index contributed by atoms with van der Waals surface area (Å²) in [6, 6.07) is 11.5. The van der Waals surface area contributed by atoms with E-state index in [1.54, 1.807) is 11.8 Å². The quantitative estimate of drug-likeness (QED) is 0.905. The van der Waals surface area contributed by atoms with Crippen molar-refractivity contribution in [1.82, 2.24) is 0 Å². The van der Waals surface area contributed by atoms with Crippen molar-refractivity contribution in [3.8, 4) is 6.07 Å². The standard InChI is InChI=1S/C14H15NO2S/c1-9(2)18-12-11(10-6-4-3-5-7-10)14(12,8-15)13(16)17/h3-7,9,11-12H,1-2H3,(H,16,17). The summed E-state index contributed by atoms with van der Waals surface area (Å²) in [4.78, 5) is 11.5. The molecule has 0 amide bonds. The van der Waals surface area contributed by atoms with Crippen molar-refractivity contribution in [1.29, 1.82) is 5.26 Å². The number of nitrogens with zero attached hydrogens (tertiary/aromatic N) is 1. The second kappa shape index (κ2) is 4.66. The molecule has 0 radical (unpaired) electrons. The number of thioether (sulfide) groups is 1. The normalized spacial score (nSPS) is 29.9. The monoisotopic (exact) mass is 261 g/mol. The zero-order chi connectivity index (χ0) is 13.3. The second-order valence-corrected chi connectivity index (χ2v) is 6.50. The first-order valence-corrected chi connectivity index (χ1v) is 6.83. The van der Waals surface area contributed by atoms with E-state index in [-0.39, 0.29) is 11.2 Å². The number of rotatable bonds is 4. The minimum absolute atomic E-state index is 0.151. The van der Waals surface area contributed by atoms with E-state index in [1.807, 2.05) is 50.2 Å². The number of aliphatic carboxylic acids is 1. The predicted molar refractivity (Wildman–Crippen MR) is 71.4 cm³/mol. The van der Waals surface area contributed by atoms with E-state index in [0.29, 0.717) is 5.25 Å². The molecule has 3 nitrogen and oxygen atoms in total. The zero-order valence-electron chi connectivity index (χ0n) is 10.3. The van der Waals surface area contributed by atoms with E-state index >= 15 is 0 Å². The van der Waals surface area contributed by atoms with Gasteiger partial charge in [-0.05, 0) is 10.8 Å². The van der Waals surface area contributed by atoms with Crippen LogP contribution in [0.1, 0.15) is 25.3 Å². The number of carboxylic acid groups (broad SMARTS) is 1. The molecule has 2 rings (SSSR count). The number of carbonyl (C=O) groups is 1. The Morgan fingerprint density at radius 2 is 2.06 bits per heavy atom. The summed E-state index contributed by atoms with van der Waals surface area (Å²) in [6.45, 7) is 4.05. The fourth-order valence-electron chi connectivity index (χ4n) is 2.37. The largest absolute Gasteiger partial charge is 0.480 e. The lowest BCUT2D eigenvalue weighted by atomic mass is 10.0. The summed E-state index contributed by atoms with van der Waals surface area (Å²) in [5, 5.41) is 18.8. The minimum Gasteiger partial charge on any atom is -0.480 e. The van der Waals surface area contributed by atoms with Gasteiger partial charge in [0.1, 0.15) is 0 Å². The molecule has 0 aliphatic heterocycles. The molecule has 1 fully saturated rings. The van der Waals surface area contributed by atoms with Gasteiger partial charge in [0.05, 0.1) is 6.07 Å². The summed E-state index contributed by atoms with van der Waals surface area (Å²) >= 11 is 1.58. The Labute approximate surface area is 111 Å². The molecule has 1 saturated carbocycles. The van der Waals surface area contributed by atoms with Gasteiger partial charge in [-0.3, -0.25) is 4.79 Å². The van der Waals surface area contributed by atoms with Crippen molar-refractivity contribution in [2.45, 2.75) is 30.3 Å². The third-order valence-corrected chi connectivity index (χ3v) is 4.73. The number of benzene rings is 1. The lowest BCUT2D eigenvalue weighted by Gasteiger charge is -2.04. The van der Waals surface area contributed by atoms with Gasteiger partial charge in [0.15, 0.2) is 5.41 Å². The highest BCUT2D eigenvalue weighted by Crippen LogP contribution is 2.65. The molecule has 0 heterocycles. The van der Waals surface area contributed by atoms with Crippen LogP contribution in [0.4, 0.5) is 0 Å². The predicted octanol–water partition coefficient (Wildman–Crippen LogP) is 2.89. The summed E-state index contributed by atoms with van der Waals surface area (Å²) in [5.74, 6) is -1.20. The van der Waals surface area contributed by atoms with E-state index in [9.17, 15) is 15.2 Å². The zero-order valence-corrected chi connectivity index (χ0v) is 11.1. The van der Waals surface area contributed by atoms with Gasteiger partial charge in [-0.1, -0.05) is 44.2 Å². The van der Waals surface area contributed by atoms with E-state index in [2.05, 4.69) is 0 Å². The molecular formula is C14H15NO2S. The second-order valence-electron chi connectivity index (χ2n) is 4.78. The van der Waals surface area contributed by atoms with E-state index in [4.69, 9.17) is 0 Å². The van der Waals surface area contributed by atoms with E-state index < -0.39 is 11.4 Å². The third-order valence-electron chi connectivity index (χ3n) is 3.25. The van der Waals surface area contributed by atoms with Gasteiger partial charge < -0.3 is 5.11 Å². The molecule has 0 saturated heterocycles. The first-order chi connectivity index (χ1) is 8.54. The van der Waals surface area contributed by atoms with Crippen molar-refractivity contribution in [3.63, 3.8) is 0 Å². The lowest BCUT2D eigenvalue weighted by molar-refractivity contribution is -0.141. The third kappa shape index (κ3) is 1.89. The topological polar surface area (TPSA) is 61.1 Å². The molecule has 94 valence electrons. The highest BCUT2D eigenvalue weighted by atomic mass is 32.2. The fourth-order valence-corrected chi connectivity index (χ4v) is 3.92. The maximum absolute atomic E-state index is 11.5. The van der Waals surface area contributed by atoms with Crippen LogP contribution in [0.15, 0.2) is 30.3 Å². The van der Waals surface area contributed by atoms with Crippen LogP contribution in [0.3, 0.4) is 0 Å². The van der Waals surface area contributed by atoms with Crippen LogP contribution in [-0.4, -0.2) is 21.6 Å². The Balaban J connectivity index is 2.35. The maximum atomic E-state index is 11.5. The van der Waals surface area contributed by atoms with Crippen LogP contribution in [-0.2, 0) is 4.79 Å². The maximum Gasteiger partial charge on any atom is 0.325 e. The van der Waals surface area contributed by atoms with Gasteiger partial charge in [-0.15, -0.1) is 0 Å². The van der Waals surface area contributed by atoms with Gasteiger partial charge in [-0.25, -0.2) is 0 Å². The smallest absolute Gasteiger partial charge is 0.325 e. The highest BCUT2D eigenvalue weighted by Gasteiger charge is 2.72. The average molecular weight is 261 g/mol. The molecule has 1 aliphatic carbocycles. The number of carboxylic acids is 1. The van der Waals surface area contributed by atoms with Crippen molar-refractivity contribution < 1.29 is 9.90 Å². The molecule has 1 aromatic rings. The SMILES string of the molecule is CC(C)SC1C(c2ccccc2)C1(C#N)C(=O)O. The van der Waals surface area contributed by atoms with Crippen molar-refractivity contribution in [2.24, 2.45) is 5.41 Å². The molecule has 0 bridgehead atoms. The number of nitriles is 1. The minimum atomic E-state index is -1.25. The van der Waals surface area contributed by atoms with Crippen molar-refractivity contribution in [3.05, 3.63) is 35.9 Å². The van der Waals surface area contributed by atoms with Gasteiger partial charge in [0.2, 0.25) is 0 Å². The summed E-state index contributed by atoms with van der Waals surface area (Å²) in [6.07, 6.45) is 0.